The number of benzene rings is 2. The largest absolute Gasteiger partial charge is 0.366 e. The lowest BCUT2D eigenvalue weighted by atomic mass is 10.2. The van der Waals surface area contributed by atoms with Crippen LogP contribution in [0.4, 0.5) is 11.4 Å². The third-order valence-electron chi connectivity index (χ3n) is 4.39. The highest BCUT2D eigenvalue weighted by Gasteiger charge is 2.13. The molecule has 0 saturated heterocycles. The zero-order valence-corrected chi connectivity index (χ0v) is 18.1. The first-order chi connectivity index (χ1) is 13.8. The molecule has 0 aliphatic rings. The zero-order chi connectivity index (χ0) is 21.4. The number of carbonyl (C=O) groups is 3. The van der Waals surface area contributed by atoms with Crippen molar-refractivity contribution in [3.63, 3.8) is 0 Å². The molecule has 0 aliphatic carbocycles. The molecule has 0 fully saturated rings. The first-order valence-corrected chi connectivity index (χ1v) is 10.1. The maximum atomic E-state index is 12.3. The van der Waals surface area contributed by atoms with Crippen molar-refractivity contribution in [2.75, 3.05) is 30.3 Å². The van der Waals surface area contributed by atoms with Crippen molar-refractivity contribution in [2.45, 2.75) is 20.3 Å². The second kappa shape index (κ2) is 10.7. The Bertz CT molecular complexity index is 884. The third-order valence-corrected chi connectivity index (χ3v) is 4.88. The average Bonchev–Trinajstić information content (AvgIpc) is 2.67. The number of halogens is 1. The van der Waals surface area contributed by atoms with Gasteiger partial charge in [-0.05, 0) is 61.5 Å². The topological polar surface area (TPSA) is 105 Å². The second-order valence-electron chi connectivity index (χ2n) is 6.62. The standard InChI is InChI=1S/C21H25BrN4O3/c1-3-26(13-20(28)25-18-9-6-16(22)12-14(18)2)11-10-19(27)24-17-7-4-15(5-8-17)21(23)29/h4-9,12H,3,10-11,13H2,1-2H3,(H2,23,29)(H,24,27)(H,25,28). The first kappa shape index (κ1) is 22.6. The first-order valence-electron chi connectivity index (χ1n) is 9.26. The number of rotatable bonds is 9. The maximum absolute atomic E-state index is 12.3. The molecule has 4 N–H and O–H groups in total. The van der Waals surface area contributed by atoms with Gasteiger partial charge in [0.15, 0.2) is 0 Å². The van der Waals surface area contributed by atoms with Crippen LogP contribution in [0.25, 0.3) is 0 Å². The van der Waals surface area contributed by atoms with Crippen molar-refractivity contribution in [1.82, 2.24) is 4.90 Å². The van der Waals surface area contributed by atoms with Gasteiger partial charge in [0.1, 0.15) is 0 Å². The van der Waals surface area contributed by atoms with E-state index in [4.69, 9.17) is 5.73 Å². The molecule has 0 bridgehead atoms. The number of nitrogens with one attached hydrogen (secondary N) is 2. The van der Waals surface area contributed by atoms with Gasteiger partial charge in [0.25, 0.3) is 0 Å². The van der Waals surface area contributed by atoms with E-state index < -0.39 is 5.91 Å². The molecule has 7 nitrogen and oxygen atoms in total. The Morgan fingerprint density at radius 1 is 1.03 bits per heavy atom. The van der Waals surface area contributed by atoms with Gasteiger partial charge in [-0.1, -0.05) is 22.9 Å². The smallest absolute Gasteiger partial charge is 0.248 e. The maximum Gasteiger partial charge on any atom is 0.248 e. The molecule has 0 unspecified atom stereocenters. The van der Waals surface area contributed by atoms with E-state index >= 15 is 0 Å². The number of primary amides is 1. The fourth-order valence-electron chi connectivity index (χ4n) is 2.71. The van der Waals surface area contributed by atoms with Crippen molar-refractivity contribution in [3.05, 3.63) is 58.1 Å². The molecule has 0 radical (unpaired) electrons. The quantitative estimate of drug-likeness (QED) is 0.534. The van der Waals surface area contributed by atoms with E-state index in [2.05, 4.69) is 26.6 Å². The molecular formula is C21H25BrN4O3. The van der Waals surface area contributed by atoms with Crippen LogP contribution < -0.4 is 16.4 Å². The van der Waals surface area contributed by atoms with Gasteiger partial charge in [-0.3, -0.25) is 19.3 Å². The van der Waals surface area contributed by atoms with Crippen LogP contribution in [0, 0.1) is 6.92 Å². The molecule has 2 aromatic rings. The SMILES string of the molecule is CCN(CCC(=O)Nc1ccc(C(N)=O)cc1)CC(=O)Nc1ccc(Br)cc1C. The average molecular weight is 461 g/mol. The summed E-state index contributed by atoms with van der Waals surface area (Å²) in [6, 6.07) is 12.0. The lowest BCUT2D eigenvalue weighted by molar-refractivity contribution is -0.119. The third kappa shape index (κ3) is 7.32. The highest BCUT2D eigenvalue weighted by Crippen LogP contribution is 2.20. The van der Waals surface area contributed by atoms with E-state index in [-0.39, 0.29) is 24.8 Å². The number of nitrogens with zero attached hydrogens (tertiary/aromatic N) is 1. The van der Waals surface area contributed by atoms with Crippen molar-refractivity contribution in [3.8, 4) is 0 Å². The molecular weight excluding hydrogens is 436 g/mol. The van der Waals surface area contributed by atoms with Gasteiger partial charge >= 0.3 is 0 Å². The fourth-order valence-corrected chi connectivity index (χ4v) is 3.19. The summed E-state index contributed by atoms with van der Waals surface area (Å²) in [5.41, 5.74) is 7.91. The minimum Gasteiger partial charge on any atom is -0.366 e. The molecule has 0 aromatic heterocycles. The van der Waals surface area contributed by atoms with Crippen molar-refractivity contribution < 1.29 is 14.4 Å². The van der Waals surface area contributed by atoms with Gasteiger partial charge in [-0.25, -0.2) is 0 Å². The van der Waals surface area contributed by atoms with Gasteiger partial charge < -0.3 is 16.4 Å². The molecule has 29 heavy (non-hydrogen) atoms. The minimum atomic E-state index is -0.516. The Hall–Kier alpha value is -2.71. The van der Waals surface area contributed by atoms with Crippen LogP contribution in [0.15, 0.2) is 46.9 Å². The van der Waals surface area contributed by atoms with Crippen molar-refractivity contribution in [2.24, 2.45) is 5.73 Å². The monoisotopic (exact) mass is 460 g/mol. The molecule has 0 spiro atoms. The molecule has 2 rings (SSSR count). The Kier molecular flexibility index (Phi) is 8.35. The van der Waals surface area contributed by atoms with Gasteiger partial charge in [-0.15, -0.1) is 0 Å². The van der Waals surface area contributed by atoms with Crippen molar-refractivity contribution in [1.29, 1.82) is 0 Å². The predicted octanol–water partition coefficient (Wildman–Crippen LogP) is 3.15. The lowest BCUT2D eigenvalue weighted by Crippen LogP contribution is -2.35. The van der Waals surface area contributed by atoms with E-state index in [1.165, 1.54) is 0 Å². The number of anilines is 2. The summed E-state index contributed by atoms with van der Waals surface area (Å²) in [5.74, 6) is -0.808. The Morgan fingerprint density at radius 3 is 2.31 bits per heavy atom. The molecule has 0 saturated carbocycles. The number of nitrogens with two attached hydrogens (primary N) is 1. The summed E-state index contributed by atoms with van der Waals surface area (Å²) >= 11 is 3.40. The van der Waals surface area contributed by atoms with E-state index in [0.717, 1.165) is 15.7 Å². The van der Waals surface area contributed by atoms with Gasteiger partial charge in [0, 0.05) is 34.4 Å². The molecule has 0 atom stereocenters. The van der Waals surface area contributed by atoms with Crippen LogP contribution >= 0.6 is 15.9 Å². The van der Waals surface area contributed by atoms with E-state index in [0.29, 0.717) is 24.3 Å². The van der Waals surface area contributed by atoms with Crippen molar-refractivity contribution >= 4 is 45.0 Å². The summed E-state index contributed by atoms with van der Waals surface area (Å²) in [5, 5.41) is 5.68. The van der Waals surface area contributed by atoms with Crippen LogP contribution in [0.2, 0.25) is 0 Å². The highest BCUT2D eigenvalue weighted by atomic mass is 79.9. The van der Waals surface area contributed by atoms with Crippen LogP contribution in [0.5, 0.6) is 0 Å². The predicted molar refractivity (Wildman–Crippen MR) is 118 cm³/mol. The molecule has 2 aromatic carbocycles. The Labute approximate surface area is 178 Å². The van der Waals surface area contributed by atoms with Crippen LogP contribution in [-0.2, 0) is 9.59 Å². The van der Waals surface area contributed by atoms with E-state index in [1.807, 2.05) is 36.9 Å². The zero-order valence-electron chi connectivity index (χ0n) is 16.5. The highest BCUT2D eigenvalue weighted by molar-refractivity contribution is 9.10. The fraction of sp³-hybridized carbons (Fsp3) is 0.286. The molecule has 3 amide bonds. The number of carbonyl (C=O) groups excluding carboxylic acids is 3. The summed E-state index contributed by atoms with van der Waals surface area (Å²) in [6.07, 6.45) is 0.246. The number of hydrogen-bond acceptors (Lipinski definition) is 4. The second-order valence-corrected chi connectivity index (χ2v) is 7.53. The molecule has 0 heterocycles. The summed E-state index contributed by atoms with van der Waals surface area (Å²) < 4.78 is 0.957. The number of hydrogen-bond donors (Lipinski definition) is 3. The van der Waals surface area contributed by atoms with Gasteiger partial charge in [-0.2, -0.15) is 0 Å². The molecule has 8 heteroatoms. The van der Waals surface area contributed by atoms with Crippen LogP contribution in [0.3, 0.4) is 0 Å². The molecule has 154 valence electrons. The van der Waals surface area contributed by atoms with Gasteiger partial charge in [0.2, 0.25) is 17.7 Å². The number of amides is 3. The Balaban J connectivity index is 1.81. The van der Waals surface area contributed by atoms with E-state index in [1.54, 1.807) is 24.3 Å². The summed E-state index contributed by atoms with van der Waals surface area (Å²) in [7, 11) is 0. The number of aryl methyl sites for hydroxylation is 1. The molecule has 0 aliphatic heterocycles. The number of likely N-dealkylation sites (N-methyl/N-ethyl adjacent to an activating group) is 1. The van der Waals surface area contributed by atoms with Gasteiger partial charge in [0.05, 0.1) is 6.54 Å². The minimum absolute atomic E-state index is 0.125. The normalized spacial score (nSPS) is 10.6. The van der Waals surface area contributed by atoms with E-state index in [9.17, 15) is 14.4 Å². The lowest BCUT2D eigenvalue weighted by Gasteiger charge is -2.20. The summed E-state index contributed by atoms with van der Waals surface area (Å²) in [4.78, 5) is 37.5. The Morgan fingerprint density at radius 2 is 1.72 bits per heavy atom. The van der Waals surface area contributed by atoms with Crippen LogP contribution in [-0.4, -0.2) is 42.3 Å². The summed E-state index contributed by atoms with van der Waals surface area (Å²) in [6.45, 7) is 5.17. The van der Waals surface area contributed by atoms with Crippen LogP contribution in [0.1, 0.15) is 29.3 Å².